The minimum Gasteiger partial charge on any atom is -0.475 e. The highest BCUT2D eigenvalue weighted by molar-refractivity contribution is 5.62. The van der Waals surface area contributed by atoms with Crippen molar-refractivity contribution in [1.29, 1.82) is 0 Å². The lowest BCUT2D eigenvalue weighted by Crippen LogP contribution is -2.44. The first-order chi connectivity index (χ1) is 8.71. The zero-order chi connectivity index (χ0) is 12.6. The lowest BCUT2D eigenvalue weighted by molar-refractivity contribution is -0.443. The van der Waals surface area contributed by atoms with Crippen molar-refractivity contribution in [2.75, 3.05) is 0 Å². The molecule has 0 atom stereocenters. The van der Waals surface area contributed by atoms with E-state index >= 15 is 0 Å². The van der Waals surface area contributed by atoms with Gasteiger partial charge in [0.05, 0.1) is 4.92 Å². The predicted octanol–water partition coefficient (Wildman–Crippen LogP) is 3.40. The van der Waals surface area contributed by atoms with Crippen LogP contribution in [-0.4, -0.2) is 10.5 Å². The van der Waals surface area contributed by atoms with Crippen LogP contribution in [0.5, 0.6) is 5.75 Å². The summed E-state index contributed by atoms with van der Waals surface area (Å²) in [5.41, 5.74) is 0.331. The molecule has 0 saturated heterocycles. The van der Waals surface area contributed by atoms with Gasteiger partial charge in [-0.25, -0.2) is 0 Å². The average molecular weight is 245 g/mol. The Kier molecular flexibility index (Phi) is 2.58. The SMILES string of the molecule is O=[N+]([O-])C1=Cc2ccccc2OC12CCCCC2. The molecule has 0 radical (unpaired) electrons. The van der Waals surface area contributed by atoms with E-state index < -0.39 is 5.60 Å². The van der Waals surface area contributed by atoms with Crippen LogP contribution in [0.3, 0.4) is 0 Å². The van der Waals surface area contributed by atoms with E-state index in [1.807, 2.05) is 24.3 Å². The number of benzene rings is 1. The second-order valence-electron chi connectivity index (χ2n) is 4.98. The van der Waals surface area contributed by atoms with Gasteiger partial charge in [-0.2, -0.15) is 0 Å². The van der Waals surface area contributed by atoms with E-state index in [-0.39, 0.29) is 10.6 Å². The van der Waals surface area contributed by atoms with Gasteiger partial charge in [0.1, 0.15) is 5.75 Å². The van der Waals surface area contributed by atoms with Crippen LogP contribution in [-0.2, 0) is 0 Å². The smallest absolute Gasteiger partial charge is 0.290 e. The summed E-state index contributed by atoms with van der Waals surface area (Å²) < 4.78 is 6.02. The van der Waals surface area contributed by atoms with Crippen molar-refractivity contribution in [1.82, 2.24) is 0 Å². The Balaban J connectivity index is 2.09. The van der Waals surface area contributed by atoms with Crippen molar-refractivity contribution >= 4 is 6.08 Å². The molecular formula is C14H15NO3. The van der Waals surface area contributed by atoms with E-state index in [9.17, 15) is 10.1 Å². The maximum Gasteiger partial charge on any atom is 0.290 e. The number of ether oxygens (including phenoxy) is 1. The molecule has 1 fully saturated rings. The van der Waals surface area contributed by atoms with Gasteiger partial charge in [-0.1, -0.05) is 24.6 Å². The molecule has 1 aliphatic carbocycles. The summed E-state index contributed by atoms with van der Waals surface area (Å²) in [4.78, 5) is 11.0. The van der Waals surface area contributed by atoms with Gasteiger partial charge >= 0.3 is 0 Å². The molecular weight excluding hydrogens is 230 g/mol. The number of rotatable bonds is 1. The maximum atomic E-state index is 11.3. The van der Waals surface area contributed by atoms with Crippen molar-refractivity contribution in [2.24, 2.45) is 0 Å². The summed E-state index contributed by atoms with van der Waals surface area (Å²) in [6.45, 7) is 0. The quantitative estimate of drug-likeness (QED) is 0.562. The van der Waals surface area contributed by atoms with Gasteiger partial charge in [-0.15, -0.1) is 0 Å². The normalized spacial score (nSPS) is 20.8. The number of nitrogens with zero attached hydrogens (tertiary/aromatic N) is 1. The highest BCUT2D eigenvalue weighted by Gasteiger charge is 2.48. The second-order valence-corrected chi connectivity index (χ2v) is 4.98. The minimum absolute atomic E-state index is 0.223. The molecule has 1 saturated carbocycles. The second kappa shape index (κ2) is 4.12. The van der Waals surface area contributed by atoms with Crippen LogP contribution in [0, 0.1) is 10.1 Å². The summed E-state index contributed by atoms with van der Waals surface area (Å²) in [7, 11) is 0. The van der Waals surface area contributed by atoms with Crippen LogP contribution >= 0.6 is 0 Å². The highest BCUT2D eigenvalue weighted by Crippen LogP contribution is 2.43. The predicted molar refractivity (Wildman–Crippen MR) is 67.9 cm³/mol. The third-order valence-electron chi connectivity index (χ3n) is 3.84. The zero-order valence-electron chi connectivity index (χ0n) is 10.1. The molecule has 94 valence electrons. The van der Waals surface area contributed by atoms with E-state index in [1.54, 1.807) is 6.08 Å². The van der Waals surface area contributed by atoms with E-state index in [2.05, 4.69) is 0 Å². The molecule has 1 aromatic rings. The fraction of sp³-hybridized carbons (Fsp3) is 0.429. The highest BCUT2D eigenvalue weighted by atomic mass is 16.6. The van der Waals surface area contributed by atoms with Gasteiger partial charge in [-0.3, -0.25) is 10.1 Å². The van der Waals surface area contributed by atoms with E-state index in [1.165, 1.54) is 0 Å². The summed E-state index contributed by atoms with van der Waals surface area (Å²) in [5, 5.41) is 11.3. The largest absolute Gasteiger partial charge is 0.475 e. The van der Waals surface area contributed by atoms with E-state index in [0.29, 0.717) is 0 Å². The monoisotopic (exact) mass is 245 g/mol. The fourth-order valence-electron chi connectivity index (χ4n) is 2.93. The number of nitro groups is 1. The molecule has 0 aromatic heterocycles. The van der Waals surface area contributed by atoms with Crippen molar-refractivity contribution in [3.63, 3.8) is 0 Å². The first-order valence-corrected chi connectivity index (χ1v) is 6.36. The standard InChI is InChI=1S/C14H15NO3/c16-15(17)13-10-11-6-2-3-7-12(11)18-14(13)8-4-1-5-9-14/h2-3,6-7,10H,1,4-5,8-9H2. The number of hydrogen-bond acceptors (Lipinski definition) is 3. The lowest BCUT2D eigenvalue weighted by Gasteiger charge is -2.37. The van der Waals surface area contributed by atoms with Crippen LogP contribution in [0.1, 0.15) is 37.7 Å². The Morgan fingerprint density at radius 3 is 2.61 bits per heavy atom. The lowest BCUT2D eigenvalue weighted by atomic mass is 9.80. The Labute approximate surface area is 105 Å². The van der Waals surface area contributed by atoms with Crippen molar-refractivity contribution < 1.29 is 9.66 Å². The summed E-state index contributed by atoms with van der Waals surface area (Å²) in [6.07, 6.45) is 6.30. The van der Waals surface area contributed by atoms with Gasteiger partial charge in [0, 0.05) is 11.6 Å². The van der Waals surface area contributed by atoms with Crippen LogP contribution in [0.15, 0.2) is 30.0 Å². The molecule has 1 spiro atoms. The van der Waals surface area contributed by atoms with Crippen LogP contribution in [0.25, 0.3) is 6.08 Å². The molecule has 1 aromatic carbocycles. The van der Waals surface area contributed by atoms with Crippen molar-refractivity contribution in [3.05, 3.63) is 45.6 Å². The van der Waals surface area contributed by atoms with Gasteiger partial charge in [0.15, 0.2) is 5.60 Å². The fourth-order valence-corrected chi connectivity index (χ4v) is 2.93. The number of fused-ring (bicyclic) bond motifs is 1. The molecule has 4 heteroatoms. The Bertz CT molecular complexity index is 516. The van der Waals surface area contributed by atoms with E-state index in [0.717, 1.165) is 43.4 Å². The third-order valence-corrected chi connectivity index (χ3v) is 3.84. The molecule has 0 N–H and O–H groups in total. The molecule has 1 aliphatic heterocycles. The topological polar surface area (TPSA) is 52.4 Å². The molecule has 3 rings (SSSR count). The van der Waals surface area contributed by atoms with Crippen LogP contribution in [0.2, 0.25) is 0 Å². The van der Waals surface area contributed by atoms with Gasteiger partial charge in [0.25, 0.3) is 5.70 Å². The van der Waals surface area contributed by atoms with E-state index in [4.69, 9.17) is 4.74 Å². The first-order valence-electron chi connectivity index (χ1n) is 6.36. The van der Waals surface area contributed by atoms with Crippen LogP contribution in [0.4, 0.5) is 0 Å². The molecule has 4 nitrogen and oxygen atoms in total. The Hall–Kier alpha value is -1.84. The summed E-state index contributed by atoms with van der Waals surface area (Å²) >= 11 is 0. The minimum atomic E-state index is -0.698. The molecule has 18 heavy (non-hydrogen) atoms. The maximum absolute atomic E-state index is 11.3. The first kappa shape index (κ1) is 11.3. The molecule has 0 bridgehead atoms. The van der Waals surface area contributed by atoms with Crippen molar-refractivity contribution in [3.8, 4) is 5.75 Å². The Morgan fingerprint density at radius 1 is 1.17 bits per heavy atom. The molecule has 0 unspecified atom stereocenters. The number of hydrogen-bond donors (Lipinski definition) is 0. The Morgan fingerprint density at radius 2 is 1.89 bits per heavy atom. The van der Waals surface area contributed by atoms with Crippen LogP contribution < -0.4 is 4.74 Å². The van der Waals surface area contributed by atoms with Gasteiger partial charge in [-0.05, 0) is 31.7 Å². The molecule has 1 heterocycles. The molecule has 2 aliphatic rings. The van der Waals surface area contributed by atoms with Gasteiger partial charge in [0.2, 0.25) is 0 Å². The molecule has 0 amide bonds. The van der Waals surface area contributed by atoms with Crippen molar-refractivity contribution in [2.45, 2.75) is 37.7 Å². The van der Waals surface area contributed by atoms with Gasteiger partial charge < -0.3 is 4.74 Å². The average Bonchev–Trinajstić information content (AvgIpc) is 2.38. The number of para-hydroxylation sites is 1. The third kappa shape index (κ3) is 1.68. The zero-order valence-corrected chi connectivity index (χ0v) is 10.1. The summed E-state index contributed by atoms with van der Waals surface area (Å²) in [5.74, 6) is 0.769. The summed E-state index contributed by atoms with van der Waals surface area (Å²) in [6, 6.07) is 7.52.